The lowest BCUT2D eigenvalue weighted by atomic mass is 10.2. The smallest absolute Gasteiger partial charge is 0.161 e. The molecule has 1 N–H and O–H groups in total. The van der Waals surface area contributed by atoms with Crippen molar-refractivity contribution >= 4 is 23.5 Å². The average molecular weight is 381 g/mol. The number of hydrogen-bond donors (Lipinski definition) is 1. The molecule has 0 aliphatic heterocycles. The van der Waals surface area contributed by atoms with Crippen LogP contribution in [0.2, 0.25) is 5.02 Å². The van der Waals surface area contributed by atoms with Gasteiger partial charge >= 0.3 is 0 Å². The van der Waals surface area contributed by atoms with E-state index in [0.717, 1.165) is 16.8 Å². The summed E-state index contributed by atoms with van der Waals surface area (Å²) in [5, 5.41) is 4.95. The van der Waals surface area contributed by atoms with E-state index in [4.69, 9.17) is 21.1 Å². The zero-order valence-corrected chi connectivity index (χ0v) is 15.8. The predicted octanol–water partition coefficient (Wildman–Crippen LogP) is 5.76. The van der Waals surface area contributed by atoms with Gasteiger partial charge in [-0.1, -0.05) is 48.0 Å². The summed E-state index contributed by atoms with van der Waals surface area (Å²) in [6, 6.07) is 23.1. The first-order valence-corrected chi connectivity index (χ1v) is 9.11. The normalized spacial score (nSPS) is 10.7. The molecule has 3 aromatic rings. The van der Waals surface area contributed by atoms with E-state index < -0.39 is 0 Å². The summed E-state index contributed by atoms with van der Waals surface area (Å²) in [5.41, 5.74) is 5.76. The van der Waals surface area contributed by atoms with Gasteiger partial charge in [-0.25, -0.2) is 0 Å². The quantitative estimate of drug-likeness (QED) is 0.399. The molecule has 0 aliphatic carbocycles. The lowest BCUT2D eigenvalue weighted by Gasteiger charge is -2.13. The van der Waals surface area contributed by atoms with E-state index in [9.17, 15) is 0 Å². The molecule has 0 amide bonds. The van der Waals surface area contributed by atoms with E-state index in [1.807, 2.05) is 79.7 Å². The number of rotatable bonds is 8. The number of nitrogens with one attached hydrogen (secondary N) is 1. The van der Waals surface area contributed by atoms with E-state index in [1.54, 1.807) is 6.21 Å². The van der Waals surface area contributed by atoms with Crippen LogP contribution in [0.25, 0.3) is 0 Å². The lowest BCUT2D eigenvalue weighted by Crippen LogP contribution is -2.01. The molecule has 138 valence electrons. The minimum absolute atomic E-state index is 0.378. The van der Waals surface area contributed by atoms with Gasteiger partial charge in [0.2, 0.25) is 0 Å². The van der Waals surface area contributed by atoms with Gasteiger partial charge in [-0.15, -0.1) is 0 Å². The van der Waals surface area contributed by atoms with Gasteiger partial charge in [0.05, 0.1) is 18.5 Å². The van der Waals surface area contributed by atoms with Gasteiger partial charge in [-0.05, 0) is 48.9 Å². The molecular weight excluding hydrogens is 360 g/mol. The number of para-hydroxylation sites is 1. The predicted molar refractivity (Wildman–Crippen MR) is 111 cm³/mol. The second-order valence-corrected chi connectivity index (χ2v) is 6.16. The summed E-state index contributed by atoms with van der Waals surface area (Å²) in [6.45, 7) is 2.86. The Morgan fingerprint density at radius 1 is 0.926 bits per heavy atom. The van der Waals surface area contributed by atoms with Crippen LogP contribution in [0, 0.1) is 0 Å². The highest BCUT2D eigenvalue weighted by atomic mass is 35.5. The van der Waals surface area contributed by atoms with Gasteiger partial charge in [-0.3, -0.25) is 5.43 Å². The molecule has 3 aromatic carbocycles. The number of halogens is 1. The lowest BCUT2D eigenvalue weighted by molar-refractivity contribution is 0.269. The van der Waals surface area contributed by atoms with Crippen LogP contribution in [0.4, 0.5) is 5.69 Å². The van der Waals surface area contributed by atoms with Gasteiger partial charge in [0.1, 0.15) is 6.61 Å². The molecule has 0 aliphatic rings. The number of hydrogen-bond acceptors (Lipinski definition) is 4. The van der Waals surface area contributed by atoms with Crippen molar-refractivity contribution in [2.75, 3.05) is 12.0 Å². The van der Waals surface area contributed by atoms with Crippen molar-refractivity contribution in [3.05, 3.63) is 88.9 Å². The Labute approximate surface area is 164 Å². The minimum atomic E-state index is 0.378. The first-order chi connectivity index (χ1) is 13.3. The zero-order chi connectivity index (χ0) is 18.9. The van der Waals surface area contributed by atoms with E-state index in [-0.39, 0.29) is 0 Å². The van der Waals surface area contributed by atoms with Gasteiger partial charge < -0.3 is 9.47 Å². The maximum Gasteiger partial charge on any atom is 0.161 e. The van der Waals surface area contributed by atoms with Gasteiger partial charge in [0.15, 0.2) is 11.5 Å². The van der Waals surface area contributed by atoms with Crippen LogP contribution in [0.1, 0.15) is 18.1 Å². The molecule has 0 bridgehead atoms. The molecular formula is C22H21ClN2O2. The second kappa shape index (κ2) is 9.64. The highest BCUT2D eigenvalue weighted by Gasteiger charge is 2.07. The first-order valence-electron chi connectivity index (χ1n) is 8.73. The molecule has 4 nitrogen and oxygen atoms in total. The van der Waals surface area contributed by atoms with E-state index in [1.165, 1.54) is 0 Å². The van der Waals surface area contributed by atoms with Gasteiger partial charge in [0.25, 0.3) is 0 Å². The molecule has 0 saturated carbocycles. The number of nitrogens with zero attached hydrogens (tertiary/aromatic N) is 1. The van der Waals surface area contributed by atoms with E-state index in [2.05, 4.69) is 10.5 Å². The molecule has 0 saturated heterocycles. The molecule has 0 fully saturated rings. The molecule has 0 radical (unpaired) electrons. The van der Waals surface area contributed by atoms with Crippen molar-refractivity contribution in [3.8, 4) is 11.5 Å². The summed E-state index contributed by atoms with van der Waals surface area (Å²) in [4.78, 5) is 0. The topological polar surface area (TPSA) is 42.8 Å². The standard InChI is InChI=1S/C22H21ClN2O2/c1-2-26-22-14-17(15-24-25-19-9-4-3-5-10-19)12-13-21(22)27-16-18-8-6-7-11-20(18)23/h3-15,25H,2,16H2,1H3/b24-15+. The molecule has 0 aromatic heterocycles. The zero-order valence-electron chi connectivity index (χ0n) is 15.1. The van der Waals surface area contributed by atoms with Crippen LogP contribution in [0.15, 0.2) is 77.9 Å². The fourth-order valence-corrected chi connectivity index (χ4v) is 2.65. The van der Waals surface area contributed by atoms with E-state index in [0.29, 0.717) is 29.7 Å². The van der Waals surface area contributed by atoms with Crippen molar-refractivity contribution in [3.63, 3.8) is 0 Å². The Bertz CT molecular complexity index is 898. The molecule has 5 heteroatoms. The molecule has 0 unspecified atom stereocenters. The van der Waals surface area contributed by atoms with Crippen molar-refractivity contribution < 1.29 is 9.47 Å². The van der Waals surface area contributed by atoms with Crippen LogP contribution in [0.3, 0.4) is 0 Å². The maximum atomic E-state index is 6.19. The fraction of sp³-hybridized carbons (Fsp3) is 0.136. The number of hydrazone groups is 1. The highest BCUT2D eigenvalue weighted by molar-refractivity contribution is 6.31. The van der Waals surface area contributed by atoms with Crippen molar-refractivity contribution in [1.82, 2.24) is 0 Å². The molecule has 0 spiro atoms. The second-order valence-electron chi connectivity index (χ2n) is 5.76. The van der Waals surface area contributed by atoms with Crippen LogP contribution < -0.4 is 14.9 Å². The van der Waals surface area contributed by atoms with Crippen molar-refractivity contribution in [1.29, 1.82) is 0 Å². The Morgan fingerprint density at radius 2 is 1.70 bits per heavy atom. The Balaban J connectivity index is 1.69. The molecule has 3 rings (SSSR count). The van der Waals surface area contributed by atoms with Crippen LogP contribution in [-0.4, -0.2) is 12.8 Å². The van der Waals surface area contributed by atoms with Crippen molar-refractivity contribution in [2.24, 2.45) is 5.10 Å². The highest BCUT2D eigenvalue weighted by Crippen LogP contribution is 2.29. The van der Waals surface area contributed by atoms with Gasteiger partial charge in [-0.2, -0.15) is 5.10 Å². The third kappa shape index (κ3) is 5.50. The molecule has 0 heterocycles. The summed E-state index contributed by atoms with van der Waals surface area (Å²) in [5.74, 6) is 1.35. The average Bonchev–Trinajstić information content (AvgIpc) is 2.69. The Morgan fingerprint density at radius 3 is 2.48 bits per heavy atom. The Hall–Kier alpha value is -2.98. The van der Waals surface area contributed by atoms with Crippen LogP contribution in [-0.2, 0) is 6.61 Å². The van der Waals surface area contributed by atoms with Crippen molar-refractivity contribution in [2.45, 2.75) is 13.5 Å². The summed E-state index contributed by atoms with van der Waals surface area (Å²) in [7, 11) is 0. The number of anilines is 1. The van der Waals surface area contributed by atoms with Crippen LogP contribution in [0.5, 0.6) is 11.5 Å². The largest absolute Gasteiger partial charge is 0.490 e. The molecule has 27 heavy (non-hydrogen) atoms. The molecule has 0 atom stereocenters. The summed E-state index contributed by atoms with van der Waals surface area (Å²) >= 11 is 6.19. The summed E-state index contributed by atoms with van der Waals surface area (Å²) in [6.07, 6.45) is 1.74. The third-order valence-electron chi connectivity index (χ3n) is 3.79. The SMILES string of the molecule is CCOc1cc(/C=N/Nc2ccccc2)ccc1OCc1ccccc1Cl. The first kappa shape index (κ1) is 18.8. The number of benzene rings is 3. The minimum Gasteiger partial charge on any atom is -0.490 e. The summed E-state index contributed by atoms with van der Waals surface area (Å²) < 4.78 is 11.6. The number of ether oxygens (including phenoxy) is 2. The van der Waals surface area contributed by atoms with Crippen LogP contribution >= 0.6 is 11.6 Å². The third-order valence-corrected chi connectivity index (χ3v) is 4.16. The maximum absolute atomic E-state index is 6.19. The monoisotopic (exact) mass is 380 g/mol. The van der Waals surface area contributed by atoms with Gasteiger partial charge in [0, 0.05) is 10.6 Å². The fourth-order valence-electron chi connectivity index (χ4n) is 2.46. The van der Waals surface area contributed by atoms with E-state index >= 15 is 0 Å². The Kier molecular flexibility index (Phi) is 6.72.